The summed E-state index contributed by atoms with van der Waals surface area (Å²) in [5.41, 5.74) is 0. The van der Waals surface area contributed by atoms with E-state index in [4.69, 9.17) is 4.74 Å². The SMILES string of the molecule is CC(C)Oc1ccc2c(O)c3ccccc3cc2c1. The van der Waals surface area contributed by atoms with Crippen LogP contribution in [0.3, 0.4) is 0 Å². The fourth-order valence-electron chi connectivity index (χ4n) is 2.37. The van der Waals surface area contributed by atoms with Crippen LogP contribution >= 0.6 is 0 Å². The number of rotatable bonds is 2. The first kappa shape index (κ1) is 11.8. The maximum atomic E-state index is 10.3. The number of hydrogen-bond donors (Lipinski definition) is 1. The molecule has 96 valence electrons. The molecule has 0 bridgehead atoms. The Hall–Kier alpha value is -2.22. The van der Waals surface area contributed by atoms with Gasteiger partial charge in [-0.2, -0.15) is 0 Å². The van der Waals surface area contributed by atoms with Gasteiger partial charge in [0.1, 0.15) is 11.5 Å². The molecule has 0 heterocycles. The first-order valence-corrected chi connectivity index (χ1v) is 6.46. The topological polar surface area (TPSA) is 29.5 Å². The molecule has 0 fully saturated rings. The van der Waals surface area contributed by atoms with Crippen LogP contribution in [0.25, 0.3) is 21.5 Å². The van der Waals surface area contributed by atoms with Gasteiger partial charge in [0.05, 0.1) is 6.10 Å². The second kappa shape index (κ2) is 4.47. The van der Waals surface area contributed by atoms with Gasteiger partial charge >= 0.3 is 0 Å². The zero-order valence-corrected chi connectivity index (χ0v) is 11.1. The fraction of sp³-hybridized carbons (Fsp3) is 0.176. The molecule has 0 atom stereocenters. The van der Waals surface area contributed by atoms with E-state index in [1.54, 1.807) is 0 Å². The molecule has 0 aliphatic rings. The second-order valence-electron chi connectivity index (χ2n) is 5.00. The van der Waals surface area contributed by atoms with Gasteiger partial charge in [-0.05, 0) is 48.9 Å². The van der Waals surface area contributed by atoms with E-state index in [-0.39, 0.29) is 6.10 Å². The van der Waals surface area contributed by atoms with Gasteiger partial charge in [-0.15, -0.1) is 0 Å². The van der Waals surface area contributed by atoms with Crippen LogP contribution in [0.5, 0.6) is 11.5 Å². The smallest absolute Gasteiger partial charge is 0.131 e. The zero-order valence-electron chi connectivity index (χ0n) is 11.1. The summed E-state index contributed by atoms with van der Waals surface area (Å²) in [6, 6.07) is 15.7. The molecule has 0 amide bonds. The number of hydrogen-bond acceptors (Lipinski definition) is 2. The van der Waals surface area contributed by atoms with Gasteiger partial charge in [-0.3, -0.25) is 0 Å². The quantitative estimate of drug-likeness (QED) is 0.681. The third-order valence-electron chi connectivity index (χ3n) is 3.18. The van der Waals surface area contributed by atoms with Crippen LogP contribution < -0.4 is 4.74 Å². The van der Waals surface area contributed by atoms with E-state index >= 15 is 0 Å². The maximum Gasteiger partial charge on any atom is 0.131 e. The van der Waals surface area contributed by atoms with Crippen molar-refractivity contribution in [1.29, 1.82) is 0 Å². The average Bonchev–Trinajstić information content (AvgIpc) is 2.38. The molecular formula is C17H16O2. The number of fused-ring (bicyclic) bond motifs is 2. The summed E-state index contributed by atoms with van der Waals surface area (Å²) in [6.45, 7) is 4.00. The third-order valence-corrected chi connectivity index (χ3v) is 3.18. The Kier molecular flexibility index (Phi) is 2.79. The summed E-state index contributed by atoms with van der Waals surface area (Å²) >= 11 is 0. The molecule has 0 saturated carbocycles. The minimum atomic E-state index is 0.145. The number of phenolic OH excluding ortho intramolecular Hbond substituents is 1. The normalized spacial score (nSPS) is 11.3. The van der Waals surface area contributed by atoms with Gasteiger partial charge in [0, 0.05) is 10.8 Å². The van der Waals surface area contributed by atoms with Crippen LogP contribution in [0, 0.1) is 0 Å². The second-order valence-corrected chi connectivity index (χ2v) is 5.00. The molecule has 2 nitrogen and oxygen atoms in total. The molecule has 0 aromatic heterocycles. The lowest BCUT2D eigenvalue weighted by Crippen LogP contribution is -2.05. The van der Waals surface area contributed by atoms with Crippen LogP contribution in [0.1, 0.15) is 13.8 Å². The standard InChI is InChI=1S/C17H16O2/c1-11(2)19-14-7-8-16-13(10-14)9-12-5-3-4-6-15(12)17(16)18/h3-11,18H,1-2H3. The molecule has 19 heavy (non-hydrogen) atoms. The highest BCUT2D eigenvalue weighted by atomic mass is 16.5. The van der Waals surface area contributed by atoms with E-state index in [1.807, 2.05) is 56.3 Å². The Balaban J connectivity index is 2.26. The summed E-state index contributed by atoms with van der Waals surface area (Å²) in [7, 11) is 0. The van der Waals surface area contributed by atoms with E-state index < -0.39 is 0 Å². The molecule has 3 rings (SSSR count). The first-order chi connectivity index (χ1) is 9.15. The Bertz CT molecular complexity index is 745. The average molecular weight is 252 g/mol. The summed E-state index contributed by atoms with van der Waals surface area (Å²) in [5, 5.41) is 14.1. The van der Waals surface area contributed by atoms with Gasteiger partial charge in [0.2, 0.25) is 0 Å². The van der Waals surface area contributed by atoms with Crippen molar-refractivity contribution in [3.63, 3.8) is 0 Å². The Morgan fingerprint density at radius 1 is 0.895 bits per heavy atom. The van der Waals surface area contributed by atoms with Crippen molar-refractivity contribution in [2.45, 2.75) is 20.0 Å². The summed E-state index contributed by atoms with van der Waals surface area (Å²) in [4.78, 5) is 0. The molecule has 3 aromatic rings. The van der Waals surface area contributed by atoms with Crippen LogP contribution in [0.2, 0.25) is 0 Å². The van der Waals surface area contributed by atoms with Crippen molar-refractivity contribution in [2.75, 3.05) is 0 Å². The van der Waals surface area contributed by atoms with Gasteiger partial charge in [-0.25, -0.2) is 0 Å². The number of ether oxygens (including phenoxy) is 1. The molecule has 0 radical (unpaired) electrons. The van der Waals surface area contributed by atoms with Crippen molar-refractivity contribution in [3.05, 3.63) is 48.5 Å². The van der Waals surface area contributed by atoms with Crippen LogP contribution in [0.15, 0.2) is 48.5 Å². The zero-order chi connectivity index (χ0) is 13.4. The molecule has 0 aliphatic carbocycles. The van der Waals surface area contributed by atoms with E-state index in [1.165, 1.54) is 0 Å². The predicted octanol–water partition coefficient (Wildman–Crippen LogP) is 4.49. The Labute approximate surface area is 112 Å². The van der Waals surface area contributed by atoms with Crippen LogP contribution in [-0.4, -0.2) is 11.2 Å². The Morgan fingerprint density at radius 3 is 2.42 bits per heavy atom. The van der Waals surface area contributed by atoms with Gasteiger partial charge in [0.25, 0.3) is 0 Å². The molecule has 0 spiro atoms. The summed E-state index contributed by atoms with van der Waals surface area (Å²) in [5.74, 6) is 1.17. The van der Waals surface area contributed by atoms with Gasteiger partial charge < -0.3 is 9.84 Å². The van der Waals surface area contributed by atoms with Crippen molar-refractivity contribution >= 4 is 21.5 Å². The lowest BCUT2D eigenvalue weighted by atomic mass is 10.0. The van der Waals surface area contributed by atoms with Crippen molar-refractivity contribution in [2.24, 2.45) is 0 Å². The summed E-state index contributed by atoms with van der Waals surface area (Å²) in [6.07, 6.45) is 0.145. The van der Waals surface area contributed by atoms with Crippen molar-refractivity contribution < 1.29 is 9.84 Å². The maximum absolute atomic E-state index is 10.3. The lowest BCUT2D eigenvalue weighted by Gasteiger charge is -2.11. The highest BCUT2D eigenvalue weighted by Gasteiger charge is 2.07. The molecule has 1 N–H and O–H groups in total. The molecule has 2 heteroatoms. The number of benzene rings is 3. The largest absolute Gasteiger partial charge is 0.507 e. The summed E-state index contributed by atoms with van der Waals surface area (Å²) < 4.78 is 5.69. The highest BCUT2D eigenvalue weighted by Crippen LogP contribution is 2.35. The van der Waals surface area contributed by atoms with Gasteiger partial charge in [-0.1, -0.05) is 24.3 Å². The minimum absolute atomic E-state index is 0.145. The predicted molar refractivity (Wildman–Crippen MR) is 78.9 cm³/mol. The van der Waals surface area contributed by atoms with Gasteiger partial charge in [0.15, 0.2) is 0 Å². The first-order valence-electron chi connectivity index (χ1n) is 6.46. The number of phenols is 1. The fourth-order valence-corrected chi connectivity index (χ4v) is 2.37. The molecule has 3 aromatic carbocycles. The van der Waals surface area contributed by atoms with E-state index in [0.717, 1.165) is 27.3 Å². The Morgan fingerprint density at radius 2 is 1.63 bits per heavy atom. The molecule has 0 saturated heterocycles. The molecule has 0 unspecified atom stereocenters. The van der Waals surface area contributed by atoms with Crippen LogP contribution in [0.4, 0.5) is 0 Å². The highest BCUT2D eigenvalue weighted by molar-refractivity contribution is 6.05. The van der Waals surface area contributed by atoms with E-state index in [9.17, 15) is 5.11 Å². The monoisotopic (exact) mass is 252 g/mol. The van der Waals surface area contributed by atoms with E-state index in [2.05, 4.69) is 6.07 Å². The van der Waals surface area contributed by atoms with Crippen molar-refractivity contribution in [3.8, 4) is 11.5 Å². The third kappa shape index (κ3) is 2.10. The van der Waals surface area contributed by atoms with Crippen molar-refractivity contribution in [1.82, 2.24) is 0 Å². The van der Waals surface area contributed by atoms with Crippen LogP contribution in [-0.2, 0) is 0 Å². The van der Waals surface area contributed by atoms with E-state index in [0.29, 0.717) is 5.75 Å². The lowest BCUT2D eigenvalue weighted by molar-refractivity contribution is 0.243. The number of aromatic hydroxyl groups is 1. The molecule has 0 aliphatic heterocycles. The minimum Gasteiger partial charge on any atom is -0.507 e. The molecular weight excluding hydrogens is 236 g/mol.